The van der Waals surface area contributed by atoms with Crippen molar-refractivity contribution in [1.29, 1.82) is 0 Å². The van der Waals surface area contributed by atoms with Gasteiger partial charge in [-0.05, 0) is 74.7 Å². The van der Waals surface area contributed by atoms with Gasteiger partial charge < -0.3 is 9.80 Å². The number of aromatic nitrogens is 1. The topological polar surface area (TPSA) is 56.8 Å². The minimum Gasteiger partial charge on any atom is -0.342 e. The van der Waals surface area contributed by atoms with Gasteiger partial charge >= 0.3 is 0 Å². The smallest absolute Gasteiger partial charge is 0.236 e. The van der Waals surface area contributed by atoms with Gasteiger partial charge in [0.25, 0.3) is 0 Å². The average molecular weight is 385 g/mol. The van der Waals surface area contributed by atoms with Gasteiger partial charge in [-0.25, -0.2) is 0 Å². The molecular formula is C22H32N4O2. The SMILES string of the molecule is O=C(CN1CCCC1)N1CCC2(CCC(=O)N(CCc3ccncc3)C2)CC1. The highest BCUT2D eigenvalue weighted by atomic mass is 16.2. The van der Waals surface area contributed by atoms with E-state index >= 15 is 0 Å². The second-order valence-electron chi connectivity index (χ2n) is 8.78. The Morgan fingerprint density at radius 2 is 1.75 bits per heavy atom. The number of piperidine rings is 2. The van der Waals surface area contributed by atoms with Crippen molar-refractivity contribution in [3.05, 3.63) is 30.1 Å². The Kier molecular flexibility index (Phi) is 5.95. The zero-order chi connectivity index (χ0) is 19.4. The summed E-state index contributed by atoms with van der Waals surface area (Å²) in [5.41, 5.74) is 1.43. The monoisotopic (exact) mass is 384 g/mol. The van der Waals surface area contributed by atoms with Crippen LogP contribution in [-0.2, 0) is 16.0 Å². The number of likely N-dealkylation sites (tertiary alicyclic amines) is 3. The van der Waals surface area contributed by atoms with Gasteiger partial charge in [-0.2, -0.15) is 0 Å². The Morgan fingerprint density at radius 3 is 2.46 bits per heavy atom. The summed E-state index contributed by atoms with van der Waals surface area (Å²) in [6.07, 6.45) is 10.6. The first kappa shape index (κ1) is 19.4. The van der Waals surface area contributed by atoms with Gasteiger partial charge in [0, 0.05) is 45.0 Å². The fourth-order valence-corrected chi connectivity index (χ4v) is 4.99. The lowest BCUT2D eigenvalue weighted by atomic mass is 9.72. The highest BCUT2D eigenvalue weighted by molar-refractivity contribution is 5.79. The molecule has 4 heterocycles. The molecule has 0 atom stereocenters. The van der Waals surface area contributed by atoms with Crippen molar-refractivity contribution >= 4 is 11.8 Å². The van der Waals surface area contributed by atoms with E-state index < -0.39 is 0 Å². The zero-order valence-corrected chi connectivity index (χ0v) is 16.8. The normalized spacial score (nSPS) is 22.8. The molecule has 152 valence electrons. The lowest BCUT2D eigenvalue weighted by Crippen LogP contribution is -2.53. The largest absolute Gasteiger partial charge is 0.342 e. The number of rotatable bonds is 5. The number of carbonyl (C=O) groups excluding carboxylic acids is 2. The van der Waals surface area contributed by atoms with Crippen LogP contribution in [0.4, 0.5) is 0 Å². The second-order valence-corrected chi connectivity index (χ2v) is 8.78. The standard InChI is InChI=1S/C22H32N4O2/c27-20-3-7-22(18-26(20)14-6-19-4-10-23-11-5-19)8-15-25(16-9-22)21(28)17-24-12-1-2-13-24/h4-5,10-11H,1-3,6-9,12-18H2. The van der Waals surface area contributed by atoms with E-state index in [0.717, 1.165) is 65.0 Å². The number of carbonyl (C=O) groups is 2. The fourth-order valence-electron chi connectivity index (χ4n) is 4.99. The van der Waals surface area contributed by atoms with Crippen molar-refractivity contribution < 1.29 is 9.59 Å². The van der Waals surface area contributed by atoms with E-state index in [0.29, 0.717) is 13.0 Å². The van der Waals surface area contributed by atoms with Crippen LogP contribution in [0.1, 0.15) is 44.1 Å². The summed E-state index contributed by atoms with van der Waals surface area (Å²) >= 11 is 0. The highest BCUT2D eigenvalue weighted by Crippen LogP contribution is 2.40. The van der Waals surface area contributed by atoms with Crippen LogP contribution in [0.15, 0.2) is 24.5 Å². The number of hydrogen-bond donors (Lipinski definition) is 0. The van der Waals surface area contributed by atoms with Crippen molar-refractivity contribution in [3.8, 4) is 0 Å². The molecule has 2 amide bonds. The van der Waals surface area contributed by atoms with Crippen LogP contribution in [-0.4, -0.2) is 77.3 Å². The van der Waals surface area contributed by atoms with Crippen LogP contribution in [0.5, 0.6) is 0 Å². The van der Waals surface area contributed by atoms with E-state index in [1.54, 1.807) is 0 Å². The second kappa shape index (κ2) is 8.60. The molecule has 0 bridgehead atoms. The molecule has 6 heteroatoms. The van der Waals surface area contributed by atoms with Gasteiger partial charge in [-0.15, -0.1) is 0 Å². The summed E-state index contributed by atoms with van der Waals surface area (Å²) in [6.45, 7) is 6.05. The summed E-state index contributed by atoms with van der Waals surface area (Å²) in [6, 6.07) is 4.04. The molecule has 0 radical (unpaired) electrons. The molecule has 0 aliphatic carbocycles. The van der Waals surface area contributed by atoms with Gasteiger partial charge in [-0.1, -0.05) is 0 Å². The van der Waals surface area contributed by atoms with Crippen LogP contribution < -0.4 is 0 Å². The number of amides is 2. The lowest BCUT2D eigenvalue weighted by molar-refractivity contribution is -0.142. The van der Waals surface area contributed by atoms with Crippen LogP contribution in [0.3, 0.4) is 0 Å². The Hall–Kier alpha value is -1.95. The van der Waals surface area contributed by atoms with Crippen molar-refractivity contribution in [2.24, 2.45) is 5.41 Å². The third kappa shape index (κ3) is 4.54. The molecule has 3 aliphatic heterocycles. The molecule has 3 aliphatic rings. The van der Waals surface area contributed by atoms with Gasteiger partial charge in [0.15, 0.2) is 0 Å². The minimum atomic E-state index is 0.205. The van der Waals surface area contributed by atoms with E-state index in [4.69, 9.17) is 0 Å². The van der Waals surface area contributed by atoms with Crippen LogP contribution in [0, 0.1) is 5.41 Å². The summed E-state index contributed by atoms with van der Waals surface area (Å²) < 4.78 is 0. The van der Waals surface area contributed by atoms with E-state index in [9.17, 15) is 9.59 Å². The number of pyridine rings is 1. The summed E-state index contributed by atoms with van der Waals surface area (Å²) in [7, 11) is 0. The fraction of sp³-hybridized carbons (Fsp3) is 0.682. The van der Waals surface area contributed by atoms with Crippen LogP contribution >= 0.6 is 0 Å². The molecule has 1 spiro atoms. The molecule has 3 saturated heterocycles. The van der Waals surface area contributed by atoms with Crippen molar-refractivity contribution in [2.75, 3.05) is 45.8 Å². The van der Waals surface area contributed by atoms with Crippen molar-refractivity contribution in [2.45, 2.75) is 44.9 Å². The highest BCUT2D eigenvalue weighted by Gasteiger charge is 2.41. The molecule has 1 aromatic rings. The molecular weight excluding hydrogens is 352 g/mol. The quantitative estimate of drug-likeness (QED) is 0.779. The maximum absolute atomic E-state index is 12.6. The van der Waals surface area contributed by atoms with Crippen LogP contribution in [0.25, 0.3) is 0 Å². The number of nitrogens with zero attached hydrogens (tertiary/aromatic N) is 4. The number of hydrogen-bond acceptors (Lipinski definition) is 4. The lowest BCUT2D eigenvalue weighted by Gasteiger charge is -2.47. The van der Waals surface area contributed by atoms with E-state index in [2.05, 4.69) is 19.7 Å². The molecule has 6 nitrogen and oxygen atoms in total. The molecule has 0 saturated carbocycles. The molecule has 0 unspecified atom stereocenters. The Morgan fingerprint density at radius 1 is 1.04 bits per heavy atom. The molecule has 1 aromatic heterocycles. The van der Waals surface area contributed by atoms with Crippen molar-refractivity contribution in [1.82, 2.24) is 19.7 Å². The molecule has 0 aromatic carbocycles. The Bertz CT molecular complexity index is 679. The maximum Gasteiger partial charge on any atom is 0.236 e. The van der Waals surface area contributed by atoms with Gasteiger partial charge in [0.05, 0.1) is 6.54 Å². The predicted octanol–water partition coefficient (Wildman–Crippen LogP) is 1.95. The first-order valence-electron chi connectivity index (χ1n) is 10.8. The van der Waals surface area contributed by atoms with Crippen LogP contribution in [0.2, 0.25) is 0 Å². The van der Waals surface area contributed by atoms with Gasteiger partial charge in [0.2, 0.25) is 11.8 Å². The predicted molar refractivity (Wildman–Crippen MR) is 108 cm³/mol. The average Bonchev–Trinajstić information content (AvgIpc) is 3.23. The first-order chi connectivity index (χ1) is 13.6. The Labute approximate surface area is 167 Å². The molecule has 4 rings (SSSR count). The minimum absolute atomic E-state index is 0.205. The third-order valence-electron chi connectivity index (χ3n) is 6.90. The summed E-state index contributed by atoms with van der Waals surface area (Å²) in [4.78, 5) is 35.5. The van der Waals surface area contributed by atoms with Crippen molar-refractivity contribution in [3.63, 3.8) is 0 Å². The van der Waals surface area contributed by atoms with E-state index in [1.165, 1.54) is 18.4 Å². The van der Waals surface area contributed by atoms with Gasteiger partial charge in [-0.3, -0.25) is 19.5 Å². The summed E-state index contributed by atoms with van der Waals surface area (Å²) in [5.74, 6) is 0.574. The third-order valence-corrected chi connectivity index (χ3v) is 6.90. The first-order valence-corrected chi connectivity index (χ1v) is 10.8. The van der Waals surface area contributed by atoms with E-state index in [-0.39, 0.29) is 17.2 Å². The maximum atomic E-state index is 12.6. The zero-order valence-electron chi connectivity index (χ0n) is 16.8. The molecule has 3 fully saturated rings. The molecule has 28 heavy (non-hydrogen) atoms. The molecule has 0 N–H and O–H groups in total. The van der Waals surface area contributed by atoms with Gasteiger partial charge in [0.1, 0.15) is 0 Å². The van der Waals surface area contributed by atoms with E-state index in [1.807, 2.05) is 24.5 Å². The Balaban J connectivity index is 1.29. The summed E-state index contributed by atoms with van der Waals surface area (Å²) in [5, 5.41) is 0.